The summed E-state index contributed by atoms with van der Waals surface area (Å²) in [6.45, 7) is 9.92. The average Bonchev–Trinajstić information content (AvgIpc) is 2.64. The van der Waals surface area contributed by atoms with E-state index in [9.17, 15) is 12.8 Å². The predicted octanol–water partition coefficient (Wildman–Crippen LogP) is 3.47. The van der Waals surface area contributed by atoms with E-state index in [0.29, 0.717) is 17.3 Å². The summed E-state index contributed by atoms with van der Waals surface area (Å²) in [7, 11) is -3.74. The minimum atomic E-state index is -3.74. The van der Waals surface area contributed by atoms with Gasteiger partial charge in [-0.3, -0.25) is 9.62 Å². The van der Waals surface area contributed by atoms with Crippen LogP contribution in [0.4, 0.5) is 15.8 Å². The van der Waals surface area contributed by atoms with Gasteiger partial charge >= 0.3 is 0 Å². The van der Waals surface area contributed by atoms with Crippen molar-refractivity contribution in [1.82, 2.24) is 4.90 Å². The van der Waals surface area contributed by atoms with E-state index in [1.165, 1.54) is 18.2 Å². The Morgan fingerprint density at radius 3 is 2.19 bits per heavy atom. The van der Waals surface area contributed by atoms with Crippen molar-refractivity contribution in [2.24, 2.45) is 0 Å². The van der Waals surface area contributed by atoms with Gasteiger partial charge in [-0.05, 0) is 68.8 Å². The van der Waals surface area contributed by atoms with E-state index in [-0.39, 0.29) is 4.90 Å². The third-order valence-corrected chi connectivity index (χ3v) is 6.35. The van der Waals surface area contributed by atoms with Crippen LogP contribution in [-0.4, -0.2) is 45.5 Å². The molecule has 0 radical (unpaired) electrons. The predicted molar refractivity (Wildman–Crippen MR) is 107 cm³/mol. The Hall–Kier alpha value is -2.12. The summed E-state index contributed by atoms with van der Waals surface area (Å²) in [5, 5.41) is 0. The molecule has 0 aromatic heterocycles. The first-order valence-corrected chi connectivity index (χ1v) is 10.6. The molecule has 0 spiro atoms. The highest BCUT2D eigenvalue weighted by molar-refractivity contribution is 7.92. The van der Waals surface area contributed by atoms with Crippen molar-refractivity contribution in [1.29, 1.82) is 0 Å². The number of hydrogen-bond acceptors (Lipinski definition) is 4. The summed E-state index contributed by atoms with van der Waals surface area (Å²) in [5.41, 5.74) is 1.87. The Morgan fingerprint density at radius 2 is 1.63 bits per heavy atom. The van der Waals surface area contributed by atoms with Crippen molar-refractivity contribution in [3.8, 4) is 0 Å². The number of piperazine rings is 1. The molecule has 1 fully saturated rings. The van der Waals surface area contributed by atoms with Gasteiger partial charge in [0, 0.05) is 43.6 Å². The van der Waals surface area contributed by atoms with Crippen molar-refractivity contribution in [2.45, 2.75) is 31.7 Å². The highest BCUT2D eigenvalue weighted by atomic mass is 32.2. The molecule has 2 aromatic rings. The van der Waals surface area contributed by atoms with Crippen molar-refractivity contribution in [3.63, 3.8) is 0 Å². The van der Waals surface area contributed by atoms with Crippen LogP contribution in [0, 0.1) is 12.7 Å². The Balaban J connectivity index is 1.68. The maximum atomic E-state index is 13.4. The number of rotatable bonds is 5. The highest BCUT2D eigenvalue weighted by Crippen LogP contribution is 2.23. The fraction of sp³-hybridized carbons (Fsp3) is 0.400. The first kappa shape index (κ1) is 19.6. The molecular formula is C20H26FN3O2S. The second-order valence-corrected chi connectivity index (χ2v) is 8.86. The fourth-order valence-corrected chi connectivity index (χ4v) is 4.38. The van der Waals surface area contributed by atoms with Gasteiger partial charge in [-0.2, -0.15) is 0 Å². The number of halogens is 1. The van der Waals surface area contributed by atoms with Gasteiger partial charge in [-0.25, -0.2) is 12.8 Å². The number of nitrogens with one attached hydrogen (secondary N) is 1. The van der Waals surface area contributed by atoms with Gasteiger partial charge in [0.05, 0.1) is 4.90 Å². The van der Waals surface area contributed by atoms with Gasteiger partial charge in [-0.15, -0.1) is 0 Å². The third kappa shape index (κ3) is 4.59. The molecule has 2 aromatic carbocycles. The zero-order valence-corrected chi connectivity index (χ0v) is 16.8. The van der Waals surface area contributed by atoms with E-state index in [0.717, 1.165) is 31.9 Å². The number of sulfonamides is 1. The smallest absolute Gasteiger partial charge is 0.261 e. The molecule has 1 heterocycles. The van der Waals surface area contributed by atoms with Gasteiger partial charge in [0.25, 0.3) is 10.0 Å². The molecule has 3 rings (SSSR count). The first-order chi connectivity index (χ1) is 12.8. The number of anilines is 2. The van der Waals surface area contributed by atoms with Gasteiger partial charge in [0.2, 0.25) is 0 Å². The first-order valence-electron chi connectivity index (χ1n) is 9.14. The Kier molecular flexibility index (Phi) is 5.72. The standard InChI is InChI=1S/C20H26FN3O2S/c1-15(2)23-10-12-24(13-11-23)18-6-4-17(5-7-18)22-27(25,26)19-8-9-20(21)16(3)14-19/h4-9,14-15,22H,10-13H2,1-3H3. The van der Waals surface area contributed by atoms with Gasteiger partial charge in [0.1, 0.15) is 5.82 Å². The number of aryl methyl sites for hydroxylation is 1. The largest absolute Gasteiger partial charge is 0.369 e. The lowest BCUT2D eigenvalue weighted by molar-refractivity contribution is 0.209. The monoisotopic (exact) mass is 391 g/mol. The maximum Gasteiger partial charge on any atom is 0.261 e. The van der Waals surface area contributed by atoms with Crippen molar-refractivity contribution >= 4 is 21.4 Å². The van der Waals surface area contributed by atoms with E-state index in [1.54, 1.807) is 19.1 Å². The lowest BCUT2D eigenvalue weighted by Gasteiger charge is -2.38. The highest BCUT2D eigenvalue weighted by Gasteiger charge is 2.19. The van der Waals surface area contributed by atoms with Crippen LogP contribution >= 0.6 is 0 Å². The molecule has 0 amide bonds. The second kappa shape index (κ2) is 7.86. The van der Waals surface area contributed by atoms with Crippen molar-refractivity contribution < 1.29 is 12.8 Å². The molecule has 5 nitrogen and oxygen atoms in total. The third-order valence-electron chi connectivity index (χ3n) is 4.97. The lowest BCUT2D eigenvalue weighted by Crippen LogP contribution is -2.48. The van der Waals surface area contributed by atoms with E-state index in [2.05, 4.69) is 28.4 Å². The Labute approximate surface area is 160 Å². The normalized spacial score (nSPS) is 16.0. The molecule has 1 saturated heterocycles. The molecule has 1 aliphatic rings. The summed E-state index contributed by atoms with van der Waals surface area (Å²) in [4.78, 5) is 4.81. The van der Waals surface area contributed by atoms with E-state index in [4.69, 9.17) is 0 Å². The maximum absolute atomic E-state index is 13.4. The lowest BCUT2D eigenvalue weighted by atomic mass is 10.2. The summed E-state index contributed by atoms with van der Waals surface area (Å²) in [6, 6.07) is 11.7. The molecule has 0 saturated carbocycles. The summed E-state index contributed by atoms with van der Waals surface area (Å²) in [6.07, 6.45) is 0. The minimum absolute atomic E-state index is 0.0512. The van der Waals surface area contributed by atoms with E-state index in [1.807, 2.05) is 12.1 Å². The molecule has 146 valence electrons. The second-order valence-electron chi connectivity index (χ2n) is 7.18. The fourth-order valence-electron chi connectivity index (χ4n) is 3.24. The van der Waals surface area contributed by atoms with Gasteiger partial charge < -0.3 is 4.90 Å². The minimum Gasteiger partial charge on any atom is -0.369 e. The van der Waals surface area contributed by atoms with Crippen LogP contribution in [0.15, 0.2) is 47.4 Å². The van der Waals surface area contributed by atoms with Crippen LogP contribution in [0.1, 0.15) is 19.4 Å². The summed E-state index contributed by atoms with van der Waals surface area (Å²) >= 11 is 0. The molecule has 0 bridgehead atoms. The molecule has 7 heteroatoms. The van der Waals surface area contributed by atoms with Crippen LogP contribution in [0.5, 0.6) is 0 Å². The van der Waals surface area contributed by atoms with Crippen LogP contribution in [0.25, 0.3) is 0 Å². The van der Waals surface area contributed by atoms with Gasteiger partial charge in [-0.1, -0.05) is 0 Å². The average molecular weight is 392 g/mol. The molecule has 0 aliphatic carbocycles. The molecule has 27 heavy (non-hydrogen) atoms. The van der Waals surface area contributed by atoms with Crippen LogP contribution in [0.2, 0.25) is 0 Å². The van der Waals surface area contributed by atoms with Crippen LogP contribution in [0.3, 0.4) is 0 Å². The summed E-state index contributed by atoms with van der Waals surface area (Å²) in [5.74, 6) is -0.420. The number of hydrogen-bond donors (Lipinski definition) is 1. The van der Waals surface area contributed by atoms with Crippen LogP contribution < -0.4 is 9.62 Å². The zero-order valence-electron chi connectivity index (χ0n) is 15.9. The van der Waals surface area contributed by atoms with Crippen LogP contribution in [-0.2, 0) is 10.0 Å². The Bertz CT molecular complexity index is 890. The van der Waals surface area contributed by atoms with E-state index >= 15 is 0 Å². The molecule has 1 N–H and O–H groups in total. The molecule has 0 unspecified atom stereocenters. The topological polar surface area (TPSA) is 52.7 Å². The molecular weight excluding hydrogens is 365 g/mol. The van der Waals surface area contributed by atoms with Gasteiger partial charge in [0.15, 0.2) is 0 Å². The quantitative estimate of drug-likeness (QED) is 0.848. The number of nitrogens with zero attached hydrogens (tertiary/aromatic N) is 2. The zero-order chi connectivity index (χ0) is 19.6. The van der Waals surface area contributed by atoms with Crippen molar-refractivity contribution in [3.05, 3.63) is 53.8 Å². The Morgan fingerprint density at radius 1 is 1.00 bits per heavy atom. The molecule has 1 aliphatic heterocycles. The number of benzene rings is 2. The SMILES string of the molecule is Cc1cc(S(=O)(=O)Nc2ccc(N3CCN(C(C)C)CC3)cc2)ccc1F. The molecule has 0 atom stereocenters. The van der Waals surface area contributed by atoms with Crippen molar-refractivity contribution in [2.75, 3.05) is 35.8 Å². The summed E-state index contributed by atoms with van der Waals surface area (Å²) < 4.78 is 40.9. The van der Waals surface area contributed by atoms with E-state index < -0.39 is 15.8 Å².